The van der Waals surface area contributed by atoms with Crippen molar-refractivity contribution in [1.82, 2.24) is 0 Å². The Bertz CT molecular complexity index is 472. The van der Waals surface area contributed by atoms with Crippen molar-refractivity contribution in [2.24, 2.45) is 4.99 Å². The number of quaternary nitrogens is 1. The minimum atomic E-state index is -0.318. The maximum atomic E-state index is 10.2. The number of unbranched alkanes of at least 4 members (excludes halogenated alkanes) is 15. The van der Waals surface area contributed by atoms with Gasteiger partial charge >= 0.3 is 0 Å². The summed E-state index contributed by atoms with van der Waals surface area (Å²) in [6, 6.07) is 0. The average Bonchev–Trinajstić information content (AvgIpc) is 3.19. The molecular weight excluding hydrogens is 380 g/mol. The van der Waals surface area contributed by atoms with Gasteiger partial charge in [0.15, 0.2) is 6.23 Å². The summed E-state index contributed by atoms with van der Waals surface area (Å²) in [7, 11) is 0. The van der Waals surface area contributed by atoms with E-state index in [0.717, 1.165) is 26.1 Å². The van der Waals surface area contributed by atoms with Crippen LogP contribution >= 0.6 is 0 Å². The highest BCUT2D eigenvalue weighted by atomic mass is 16.3. The van der Waals surface area contributed by atoms with E-state index in [1.165, 1.54) is 115 Å². The molecule has 0 aromatic heterocycles. The highest BCUT2D eigenvalue weighted by Crippen LogP contribution is 2.23. The number of allylic oxidation sites excluding steroid dienone is 2. The number of aliphatic hydroxyl groups excluding tert-OH is 1. The lowest BCUT2D eigenvalue weighted by molar-refractivity contribution is -0.882. The molecule has 31 heavy (non-hydrogen) atoms. The van der Waals surface area contributed by atoms with Crippen LogP contribution in [-0.2, 0) is 0 Å². The van der Waals surface area contributed by atoms with Crippen LogP contribution in [0.5, 0.6) is 0 Å². The van der Waals surface area contributed by atoms with Crippen LogP contribution in [0.15, 0.2) is 17.1 Å². The van der Waals surface area contributed by atoms with E-state index >= 15 is 0 Å². The Morgan fingerprint density at radius 2 is 1.26 bits per heavy atom. The van der Waals surface area contributed by atoms with Crippen molar-refractivity contribution in [3.8, 4) is 0 Å². The Balaban J connectivity index is 1.85. The second kappa shape index (κ2) is 18.9. The fraction of sp³-hybridized carbons (Fsp3) is 0.893. The molecular formula is C28H55N2O+. The van der Waals surface area contributed by atoms with Crippen LogP contribution in [0.4, 0.5) is 0 Å². The van der Waals surface area contributed by atoms with E-state index in [4.69, 9.17) is 4.99 Å². The molecule has 0 spiro atoms. The minimum absolute atomic E-state index is 0.318. The zero-order valence-electron chi connectivity index (χ0n) is 21.4. The summed E-state index contributed by atoms with van der Waals surface area (Å²) in [6.07, 6.45) is 28.9. The average molecular weight is 436 g/mol. The predicted molar refractivity (Wildman–Crippen MR) is 138 cm³/mol. The molecule has 1 aliphatic heterocycles. The number of aliphatic hydroxyl groups is 1. The first kappa shape index (κ1) is 28.4. The van der Waals surface area contributed by atoms with Gasteiger partial charge in [-0.3, -0.25) is 4.48 Å². The molecule has 182 valence electrons. The molecule has 0 amide bonds. The zero-order valence-corrected chi connectivity index (χ0v) is 21.4. The van der Waals surface area contributed by atoms with Crippen LogP contribution in [-0.4, -0.2) is 41.3 Å². The maximum absolute atomic E-state index is 10.2. The molecule has 0 aromatic rings. The van der Waals surface area contributed by atoms with E-state index in [0.29, 0.717) is 4.48 Å². The Kier molecular flexibility index (Phi) is 17.3. The van der Waals surface area contributed by atoms with Crippen LogP contribution < -0.4 is 0 Å². The third-order valence-corrected chi connectivity index (χ3v) is 7.25. The van der Waals surface area contributed by atoms with E-state index in [-0.39, 0.29) is 6.23 Å². The van der Waals surface area contributed by atoms with E-state index in [1.54, 1.807) is 0 Å². The molecule has 2 unspecified atom stereocenters. The highest BCUT2D eigenvalue weighted by molar-refractivity contribution is 5.76. The van der Waals surface area contributed by atoms with Crippen LogP contribution in [0.3, 0.4) is 0 Å². The summed E-state index contributed by atoms with van der Waals surface area (Å²) in [4.78, 5) is 4.72. The molecule has 2 atom stereocenters. The molecule has 3 heteroatoms. The number of amidine groups is 1. The number of rotatable bonds is 21. The number of likely N-dealkylation sites (N-methyl/N-ethyl adjacent to an activating group) is 1. The van der Waals surface area contributed by atoms with Gasteiger partial charge in [0.2, 0.25) is 5.84 Å². The second-order valence-electron chi connectivity index (χ2n) is 9.75. The number of aliphatic imine (C=N–C) groups is 1. The molecule has 1 N–H and O–H groups in total. The SMILES string of the molecule is CCCCCCCC/C=C/CCCCCCCCCCCC1=NCC[N+]1(CC)C(C)O. The lowest BCUT2D eigenvalue weighted by Gasteiger charge is -2.36. The minimum Gasteiger partial charge on any atom is -0.345 e. The summed E-state index contributed by atoms with van der Waals surface area (Å²) in [5.41, 5.74) is 0. The van der Waals surface area contributed by atoms with Crippen molar-refractivity contribution >= 4 is 5.84 Å². The lowest BCUT2D eigenvalue weighted by atomic mass is 10.0. The summed E-state index contributed by atoms with van der Waals surface area (Å²) in [5, 5.41) is 10.2. The van der Waals surface area contributed by atoms with Gasteiger partial charge in [-0.1, -0.05) is 96.1 Å². The largest absolute Gasteiger partial charge is 0.345 e. The molecule has 0 saturated heterocycles. The fourth-order valence-electron chi connectivity index (χ4n) is 5.00. The van der Waals surface area contributed by atoms with E-state index < -0.39 is 0 Å². The first-order valence-electron chi connectivity index (χ1n) is 13.9. The molecule has 0 saturated carbocycles. The lowest BCUT2D eigenvalue weighted by Crippen LogP contribution is -2.56. The molecule has 1 aliphatic rings. The van der Waals surface area contributed by atoms with Crippen molar-refractivity contribution in [1.29, 1.82) is 0 Å². The van der Waals surface area contributed by atoms with Crippen molar-refractivity contribution in [3.63, 3.8) is 0 Å². The summed E-state index contributed by atoms with van der Waals surface area (Å²) in [6.45, 7) is 9.23. The van der Waals surface area contributed by atoms with E-state index in [1.807, 2.05) is 6.92 Å². The van der Waals surface area contributed by atoms with Crippen LogP contribution in [0, 0.1) is 0 Å². The Morgan fingerprint density at radius 3 is 1.74 bits per heavy atom. The van der Waals surface area contributed by atoms with Crippen molar-refractivity contribution < 1.29 is 9.59 Å². The molecule has 0 aromatic carbocycles. The third kappa shape index (κ3) is 12.2. The maximum Gasteiger partial charge on any atom is 0.200 e. The first-order chi connectivity index (χ1) is 15.2. The summed E-state index contributed by atoms with van der Waals surface area (Å²) < 4.78 is 0.717. The zero-order chi connectivity index (χ0) is 22.6. The van der Waals surface area contributed by atoms with Gasteiger partial charge in [-0.25, -0.2) is 4.99 Å². The molecule has 1 heterocycles. The Labute approximate surface area is 195 Å². The fourth-order valence-corrected chi connectivity index (χ4v) is 5.00. The van der Waals surface area contributed by atoms with Crippen molar-refractivity contribution in [2.45, 2.75) is 143 Å². The van der Waals surface area contributed by atoms with E-state index in [9.17, 15) is 5.11 Å². The number of nitrogens with zero attached hydrogens (tertiary/aromatic N) is 2. The Hall–Kier alpha value is -0.670. The van der Waals surface area contributed by atoms with Gasteiger partial charge in [0.1, 0.15) is 6.54 Å². The highest BCUT2D eigenvalue weighted by Gasteiger charge is 2.40. The Morgan fingerprint density at radius 1 is 0.774 bits per heavy atom. The molecule has 0 fully saturated rings. The third-order valence-electron chi connectivity index (χ3n) is 7.25. The van der Waals surface area contributed by atoms with Crippen LogP contribution in [0.1, 0.15) is 136 Å². The van der Waals surface area contributed by atoms with Gasteiger partial charge in [-0.2, -0.15) is 0 Å². The van der Waals surface area contributed by atoms with Gasteiger partial charge in [-0.05, 0) is 39.0 Å². The number of hydrogen-bond acceptors (Lipinski definition) is 2. The first-order valence-corrected chi connectivity index (χ1v) is 13.9. The van der Waals surface area contributed by atoms with Gasteiger partial charge in [0.25, 0.3) is 0 Å². The van der Waals surface area contributed by atoms with E-state index in [2.05, 4.69) is 26.0 Å². The molecule has 3 nitrogen and oxygen atoms in total. The van der Waals surface area contributed by atoms with Gasteiger partial charge in [0, 0.05) is 13.3 Å². The van der Waals surface area contributed by atoms with Crippen molar-refractivity contribution in [2.75, 3.05) is 19.6 Å². The smallest absolute Gasteiger partial charge is 0.200 e. The second-order valence-corrected chi connectivity index (χ2v) is 9.75. The van der Waals surface area contributed by atoms with Crippen LogP contribution in [0.25, 0.3) is 0 Å². The molecule has 0 bridgehead atoms. The standard InChI is InChI=1S/C28H55N2O/c1-4-6-7-8-9-10-11-12-13-14-15-16-17-18-19-20-21-22-23-24-28-29-25-26-30(28,5-2)27(3)31/h12-13,27,31H,4-11,14-26H2,1-3H3/q+1/b13-12+. The normalized spacial score (nSPS) is 19.9. The topological polar surface area (TPSA) is 32.6 Å². The monoisotopic (exact) mass is 435 g/mol. The van der Waals surface area contributed by atoms with Crippen LogP contribution in [0.2, 0.25) is 0 Å². The van der Waals surface area contributed by atoms with Gasteiger partial charge in [0.05, 0.1) is 13.1 Å². The van der Waals surface area contributed by atoms with Crippen molar-refractivity contribution in [3.05, 3.63) is 12.2 Å². The quantitative estimate of drug-likeness (QED) is 0.110. The number of hydrogen-bond donors (Lipinski definition) is 1. The van der Waals surface area contributed by atoms with Gasteiger partial charge in [-0.15, -0.1) is 0 Å². The summed E-state index contributed by atoms with van der Waals surface area (Å²) in [5.74, 6) is 1.25. The molecule has 0 radical (unpaired) electrons. The predicted octanol–water partition coefficient (Wildman–Crippen LogP) is 8.17. The molecule has 0 aliphatic carbocycles. The summed E-state index contributed by atoms with van der Waals surface area (Å²) >= 11 is 0. The van der Waals surface area contributed by atoms with Gasteiger partial charge < -0.3 is 5.11 Å². The molecule has 1 rings (SSSR count).